The van der Waals surface area contributed by atoms with Crippen molar-refractivity contribution in [2.24, 2.45) is 0 Å². The first-order valence-electron chi connectivity index (χ1n) is 6.28. The molecular formula is C13H17N3O3. The summed E-state index contributed by atoms with van der Waals surface area (Å²) < 4.78 is 5.23. The van der Waals surface area contributed by atoms with Crippen molar-refractivity contribution in [3.05, 3.63) is 39.6 Å². The third-order valence-electron chi connectivity index (χ3n) is 3.10. The fraction of sp³-hybridized carbons (Fsp3) is 0.462. The van der Waals surface area contributed by atoms with Crippen LogP contribution < -0.4 is 5.32 Å². The van der Waals surface area contributed by atoms with Crippen molar-refractivity contribution >= 4 is 11.5 Å². The second kappa shape index (κ2) is 6.29. The zero-order valence-electron chi connectivity index (χ0n) is 10.9. The summed E-state index contributed by atoms with van der Waals surface area (Å²) >= 11 is 0. The maximum atomic E-state index is 11.0. The summed E-state index contributed by atoms with van der Waals surface area (Å²) in [5.74, 6) is 0.345. The lowest BCUT2D eigenvalue weighted by molar-refractivity contribution is -0.384. The minimum atomic E-state index is -0.390. The lowest BCUT2D eigenvalue weighted by Gasteiger charge is -2.14. The normalized spacial score (nSPS) is 14.9. The summed E-state index contributed by atoms with van der Waals surface area (Å²) in [5.41, 5.74) is 2.00. The van der Waals surface area contributed by atoms with E-state index in [0.717, 1.165) is 19.4 Å². The molecule has 2 rings (SSSR count). The van der Waals surface area contributed by atoms with Crippen LogP contribution in [0, 0.1) is 17.0 Å². The van der Waals surface area contributed by atoms with Gasteiger partial charge in [0.05, 0.1) is 18.1 Å². The van der Waals surface area contributed by atoms with Crippen LogP contribution in [0.1, 0.15) is 18.4 Å². The van der Waals surface area contributed by atoms with Gasteiger partial charge in [-0.25, -0.2) is 4.98 Å². The van der Waals surface area contributed by atoms with E-state index in [1.165, 1.54) is 5.57 Å². The number of aryl methyl sites for hydroxylation is 1. The largest absolute Gasteiger partial charge is 0.377 e. The summed E-state index contributed by atoms with van der Waals surface area (Å²) in [6.45, 7) is 3.78. The molecule has 0 aliphatic carbocycles. The van der Waals surface area contributed by atoms with Crippen LogP contribution in [0.5, 0.6) is 0 Å². The summed E-state index contributed by atoms with van der Waals surface area (Å²) in [6.07, 6.45) is 5.45. The van der Waals surface area contributed by atoms with Gasteiger partial charge in [-0.3, -0.25) is 10.1 Å². The van der Waals surface area contributed by atoms with Crippen molar-refractivity contribution in [1.82, 2.24) is 4.98 Å². The molecule has 1 aliphatic heterocycles. The van der Waals surface area contributed by atoms with Gasteiger partial charge in [0.2, 0.25) is 5.82 Å². The molecule has 0 spiro atoms. The molecule has 0 aromatic carbocycles. The van der Waals surface area contributed by atoms with Crippen LogP contribution >= 0.6 is 0 Å². The highest BCUT2D eigenvalue weighted by Gasteiger charge is 2.17. The van der Waals surface area contributed by atoms with E-state index in [0.29, 0.717) is 24.5 Å². The Labute approximate surface area is 111 Å². The zero-order chi connectivity index (χ0) is 13.7. The fourth-order valence-corrected chi connectivity index (χ4v) is 2.04. The third kappa shape index (κ3) is 3.51. The highest BCUT2D eigenvalue weighted by molar-refractivity contribution is 5.59. The van der Waals surface area contributed by atoms with Gasteiger partial charge in [0.15, 0.2) is 0 Å². The molecule has 0 amide bonds. The van der Waals surface area contributed by atoms with E-state index in [-0.39, 0.29) is 5.69 Å². The quantitative estimate of drug-likeness (QED) is 0.501. The molecule has 0 radical (unpaired) electrons. The van der Waals surface area contributed by atoms with E-state index < -0.39 is 4.92 Å². The summed E-state index contributed by atoms with van der Waals surface area (Å²) in [4.78, 5) is 14.7. The van der Waals surface area contributed by atoms with Gasteiger partial charge in [-0.1, -0.05) is 11.6 Å². The monoisotopic (exact) mass is 263 g/mol. The number of pyridine rings is 1. The van der Waals surface area contributed by atoms with E-state index in [1.54, 1.807) is 19.2 Å². The Hall–Kier alpha value is -1.95. The Bertz CT molecular complexity index is 500. The van der Waals surface area contributed by atoms with Crippen LogP contribution in [0.2, 0.25) is 0 Å². The van der Waals surface area contributed by atoms with E-state index in [4.69, 9.17) is 4.74 Å². The molecule has 1 aliphatic rings. The predicted octanol–water partition coefficient (Wildman–Crippen LogP) is 2.45. The number of anilines is 1. The average Bonchev–Trinajstić information content (AvgIpc) is 2.39. The topological polar surface area (TPSA) is 77.3 Å². The number of aromatic nitrogens is 1. The van der Waals surface area contributed by atoms with Crippen LogP contribution in [0.3, 0.4) is 0 Å². The molecule has 1 N–H and O–H groups in total. The predicted molar refractivity (Wildman–Crippen MR) is 72.3 cm³/mol. The Kier molecular flexibility index (Phi) is 4.46. The number of hydrogen-bond donors (Lipinski definition) is 1. The maximum Gasteiger partial charge on any atom is 0.314 e. The first-order valence-corrected chi connectivity index (χ1v) is 6.28. The fourth-order valence-electron chi connectivity index (χ4n) is 2.04. The van der Waals surface area contributed by atoms with Crippen molar-refractivity contribution < 1.29 is 9.66 Å². The Morgan fingerprint density at radius 1 is 1.58 bits per heavy atom. The van der Waals surface area contributed by atoms with Gasteiger partial charge < -0.3 is 10.1 Å². The lowest BCUT2D eigenvalue weighted by atomic mass is 10.1. The smallest absolute Gasteiger partial charge is 0.314 e. The molecule has 2 heterocycles. The van der Waals surface area contributed by atoms with Gasteiger partial charge in [0, 0.05) is 18.3 Å². The minimum absolute atomic E-state index is 0.0588. The van der Waals surface area contributed by atoms with Gasteiger partial charge in [-0.05, 0) is 25.8 Å². The first-order chi connectivity index (χ1) is 9.18. The van der Waals surface area contributed by atoms with E-state index in [1.807, 2.05) is 0 Å². The highest BCUT2D eigenvalue weighted by atomic mass is 16.6. The SMILES string of the molecule is Cc1ccnc(NCCC2=CCOCC2)c1[N+](=O)[O-]. The Balaban J connectivity index is 1.97. The molecular weight excluding hydrogens is 246 g/mol. The molecule has 1 aromatic heterocycles. The molecule has 0 unspecified atom stereocenters. The standard InChI is InChI=1S/C13H17N3O3/c1-10-2-6-14-13(12(10)16(17)18)15-7-3-11-4-8-19-9-5-11/h2,4,6H,3,5,7-9H2,1H3,(H,14,15). The summed E-state index contributed by atoms with van der Waals surface area (Å²) in [7, 11) is 0. The van der Waals surface area contributed by atoms with E-state index in [2.05, 4.69) is 16.4 Å². The van der Waals surface area contributed by atoms with Crippen molar-refractivity contribution in [3.8, 4) is 0 Å². The summed E-state index contributed by atoms with van der Waals surface area (Å²) in [6, 6.07) is 1.64. The van der Waals surface area contributed by atoms with E-state index >= 15 is 0 Å². The minimum Gasteiger partial charge on any atom is -0.377 e. The molecule has 19 heavy (non-hydrogen) atoms. The number of ether oxygens (including phenoxy) is 1. The molecule has 0 atom stereocenters. The summed E-state index contributed by atoms with van der Waals surface area (Å²) in [5, 5.41) is 14.1. The van der Waals surface area contributed by atoms with Crippen LogP contribution in [-0.4, -0.2) is 29.7 Å². The van der Waals surface area contributed by atoms with Crippen LogP contribution in [0.25, 0.3) is 0 Å². The Morgan fingerprint density at radius 2 is 2.42 bits per heavy atom. The van der Waals surface area contributed by atoms with Crippen molar-refractivity contribution in [2.45, 2.75) is 19.8 Å². The second-order valence-electron chi connectivity index (χ2n) is 4.45. The molecule has 0 bridgehead atoms. The number of rotatable bonds is 5. The van der Waals surface area contributed by atoms with Gasteiger partial charge in [0.1, 0.15) is 0 Å². The molecule has 0 saturated heterocycles. The van der Waals surface area contributed by atoms with Crippen LogP contribution in [0.15, 0.2) is 23.9 Å². The number of nitrogens with zero attached hydrogens (tertiary/aromatic N) is 2. The highest BCUT2D eigenvalue weighted by Crippen LogP contribution is 2.25. The molecule has 0 fully saturated rings. The second-order valence-corrected chi connectivity index (χ2v) is 4.45. The van der Waals surface area contributed by atoms with Crippen molar-refractivity contribution in [2.75, 3.05) is 25.1 Å². The maximum absolute atomic E-state index is 11.0. The zero-order valence-corrected chi connectivity index (χ0v) is 10.9. The molecule has 1 aromatic rings. The van der Waals surface area contributed by atoms with Crippen molar-refractivity contribution in [1.29, 1.82) is 0 Å². The van der Waals surface area contributed by atoms with Crippen LogP contribution in [0.4, 0.5) is 11.5 Å². The third-order valence-corrected chi connectivity index (χ3v) is 3.10. The number of nitrogens with one attached hydrogen (secondary N) is 1. The van der Waals surface area contributed by atoms with Gasteiger partial charge in [-0.2, -0.15) is 0 Å². The number of nitro groups is 1. The van der Waals surface area contributed by atoms with Gasteiger partial charge in [-0.15, -0.1) is 0 Å². The average molecular weight is 263 g/mol. The van der Waals surface area contributed by atoms with E-state index in [9.17, 15) is 10.1 Å². The molecule has 6 heteroatoms. The lowest BCUT2D eigenvalue weighted by Crippen LogP contribution is -2.11. The molecule has 6 nitrogen and oxygen atoms in total. The Morgan fingerprint density at radius 3 is 3.11 bits per heavy atom. The molecule has 0 saturated carbocycles. The molecule has 102 valence electrons. The first kappa shape index (κ1) is 13.5. The van der Waals surface area contributed by atoms with Crippen molar-refractivity contribution in [3.63, 3.8) is 0 Å². The number of hydrogen-bond acceptors (Lipinski definition) is 5. The van der Waals surface area contributed by atoms with Gasteiger partial charge >= 0.3 is 5.69 Å². The van der Waals surface area contributed by atoms with Crippen LogP contribution in [-0.2, 0) is 4.74 Å². The van der Waals surface area contributed by atoms with Gasteiger partial charge in [0.25, 0.3) is 0 Å².